The maximum Gasteiger partial charge on any atom is 3.00 e. The normalized spacial score (nSPS) is 11.8. The second kappa shape index (κ2) is 80.3. The summed E-state index contributed by atoms with van der Waals surface area (Å²) >= 11 is 0. The Bertz CT molecular complexity index is 1170. The van der Waals surface area contributed by atoms with Crippen LogP contribution in [0.5, 0.6) is 0 Å². The SMILES string of the molecule is CCCCCCCCCCCCOP(=O)([O-])OCCCCCCCCCCCC.CCCCCCCCCCCCOP(=O)([O-])OCCCCCCCCCCCC.CCCCCCCCCCCCOP(=O)([O-])OCCCCCCCCCCCC.[Fe+3]. The van der Waals surface area contributed by atoms with E-state index in [2.05, 4.69) is 41.5 Å². The predicted octanol–water partition coefficient (Wildman–Crippen LogP) is 25.0. The van der Waals surface area contributed by atoms with E-state index in [0.29, 0.717) is 0 Å². The van der Waals surface area contributed by atoms with Gasteiger partial charge >= 0.3 is 17.1 Å². The molecule has 1 radical (unpaired) electrons. The van der Waals surface area contributed by atoms with Gasteiger partial charge in [-0.15, -0.1) is 0 Å². The number of phosphoric ester groups is 3. The number of phosphoric acid groups is 3. The molecule has 12 nitrogen and oxygen atoms in total. The van der Waals surface area contributed by atoms with Crippen LogP contribution in [0.1, 0.15) is 427 Å². The molecule has 0 heterocycles. The van der Waals surface area contributed by atoms with Gasteiger partial charge in [-0.1, -0.05) is 388 Å². The van der Waals surface area contributed by atoms with Gasteiger partial charge in [-0.25, -0.2) is 0 Å². The zero-order valence-corrected chi connectivity index (χ0v) is 63.1. The first-order chi connectivity index (χ1) is 42.4. The molecule has 0 bridgehead atoms. The summed E-state index contributed by atoms with van der Waals surface area (Å²) in [5.74, 6) is 0. The molecule has 0 aromatic rings. The first-order valence-corrected chi connectivity index (χ1v) is 42.5. The van der Waals surface area contributed by atoms with E-state index in [4.69, 9.17) is 27.1 Å². The van der Waals surface area contributed by atoms with Gasteiger partial charge in [-0.3, -0.25) is 13.7 Å². The van der Waals surface area contributed by atoms with Crippen molar-refractivity contribution in [3.05, 3.63) is 0 Å². The van der Waals surface area contributed by atoms with E-state index in [1.807, 2.05) is 0 Å². The van der Waals surface area contributed by atoms with E-state index < -0.39 is 23.5 Å². The van der Waals surface area contributed by atoms with Crippen LogP contribution in [0.25, 0.3) is 0 Å². The van der Waals surface area contributed by atoms with Crippen LogP contribution < -0.4 is 14.7 Å². The summed E-state index contributed by atoms with van der Waals surface area (Å²) in [7, 11) is -12.3. The molecule has 0 atom stereocenters. The molecular formula is C72H150FeO12P3. The van der Waals surface area contributed by atoms with Gasteiger partial charge in [0.15, 0.2) is 0 Å². The molecule has 0 rings (SSSR count). The Hall–Kier alpha value is 0.849. The van der Waals surface area contributed by atoms with Crippen LogP contribution in [-0.4, -0.2) is 39.6 Å². The molecular weight excluding hydrogens is 1210 g/mol. The van der Waals surface area contributed by atoms with Crippen molar-refractivity contribution >= 4 is 23.5 Å². The zero-order valence-electron chi connectivity index (χ0n) is 59.3. The van der Waals surface area contributed by atoms with Gasteiger partial charge in [0, 0.05) is 0 Å². The Kier molecular flexibility index (Phi) is 86.9. The number of unbranched alkanes of at least 4 members (excludes halogenated alkanes) is 54. The van der Waals surface area contributed by atoms with Gasteiger partial charge in [0.05, 0.1) is 39.6 Å². The summed E-state index contributed by atoms with van der Waals surface area (Å²) in [6.45, 7) is 15.0. The average molecular weight is 1360 g/mol. The van der Waals surface area contributed by atoms with E-state index >= 15 is 0 Å². The number of hydrogen-bond donors (Lipinski definition) is 0. The molecule has 0 spiro atoms. The van der Waals surface area contributed by atoms with Crippen molar-refractivity contribution in [3.8, 4) is 0 Å². The van der Waals surface area contributed by atoms with Gasteiger partial charge in [0.2, 0.25) is 0 Å². The van der Waals surface area contributed by atoms with E-state index in [0.717, 1.165) is 77.0 Å². The molecule has 88 heavy (non-hydrogen) atoms. The van der Waals surface area contributed by atoms with Gasteiger partial charge in [-0.2, -0.15) is 0 Å². The average Bonchev–Trinajstić information content (AvgIpc) is 3.50. The Balaban J connectivity index is -0.000000598. The first-order valence-electron chi connectivity index (χ1n) is 38.2. The fourth-order valence-corrected chi connectivity index (χ4v) is 13.0. The van der Waals surface area contributed by atoms with Crippen molar-refractivity contribution in [1.82, 2.24) is 0 Å². The molecule has 16 heteroatoms. The van der Waals surface area contributed by atoms with Crippen LogP contribution in [0.15, 0.2) is 0 Å². The Labute approximate surface area is 559 Å². The first kappa shape index (κ1) is 95.2. The Morgan fingerprint density at radius 1 is 0.170 bits per heavy atom. The second-order valence-electron chi connectivity index (χ2n) is 25.4. The van der Waals surface area contributed by atoms with Crippen molar-refractivity contribution in [3.63, 3.8) is 0 Å². The van der Waals surface area contributed by atoms with Gasteiger partial charge in [0.25, 0.3) is 23.5 Å². The van der Waals surface area contributed by atoms with E-state index in [9.17, 15) is 28.4 Å². The second-order valence-corrected chi connectivity index (χ2v) is 29.7. The molecule has 0 saturated heterocycles. The molecule has 0 aromatic heterocycles. The number of hydrogen-bond acceptors (Lipinski definition) is 12. The van der Waals surface area contributed by atoms with Crippen molar-refractivity contribution < 1.29 is 72.6 Å². The maximum absolute atomic E-state index is 11.7. The fourth-order valence-electron chi connectivity index (χ4n) is 10.7. The topological polar surface area (TPSA) is 176 Å². The van der Waals surface area contributed by atoms with Crippen LogP contribution in [0.3, 0.4) is 0 Å². The minimum Gasteiger partial charge on any atom is -0.756 e. The molecule has 0 amide bonds. The molecule has 0 N–H and O–H groups in total. The van der Waals surface area contributed by atoms with Crippen molar-refractivity contribution in [2.24, 2.45) is 0 Å². The third-order valence-electron chi connectivity index (χ3n) is 16.5. The summed E-state index contributed by atoms with van der Waals surface area (Å²) in [6.07, 6.45) is 73.5. The van der Waals surface area contributed by atoms with Crippen molar-refractivity contribution in [2.75, 3.05) is 39.6 Å². The predicted molar refractivity (Wildman–Crippen MR) is 370 cm³/mol. The van der Waals surface area contributed by atoms with E-state index in [-0.39, 0.29) is 56.7 Å². The summed E-state index contributed by atoms with van der Waals surface area (Å²) < 4.78 is 65.0. The Morgan fingerprint density at radius 3 is 0.341 bits per heavy atom. The smallest absolute Gasteiger partial charge is 0.756 e. The molecule has 0 fully saturated rings. The molecule has 0 saturated carbocycles. The molecule has 533 valence electrons. The monoisotopic (exact) mass is 1360 g/mol. The molecule has 0 aliphatic rings. The molecule has 0 aromatic carbocycles. The van der Waals surface area contributed by atoms with Crippen LogP contribution >= 0.6 is 23.5 Å². The summed E-state index contributed by atoms with van der Waals surface area (Å²) in [4.78, 5) is 35.2. The minimum atomic E-state index is -4.10. The maximum atomic E-state index is 11.7. The Morgan fingerprint density at radius 2 is 0.250 bits per heavy atom. The van der Waals surface area contributed by atoms with Crippen LogP contribution in [-0.2, 0) is 57.9 Å². The van der Waals surface area contributed by atoms with E-state index in [1.54, 1.807) is 0 Å². The standard InChI is InChI=1S/3C24H51O4P.Fe/c3*1-3-5-7-9-11-13-15-17-19-21-23-27-29(25,26)28-24-22-20-18-16-14-12-10-8-6-4-2;/h3*3-24H2,1-2H3,(H,25,26);/q;;;+3/p-3. The molecule has 0 unspecified atom stereocenters. The third-order valence-corrected chi connectivity index (χ3v) is 19.5. The van der Waals surface area contributed by atoms with Gasteiger partial charge in [-0.05, 0) is 38.5 Å². The number of rotatable bonds is 72. The summed E-state index contributed by atoms with van der Waals surface area (Å²) in [5.41, 5.74) is 0. The summed E-state index contributed by atoms with van der Waals surface area (Å²) in [5, 5.41) is 0. The largest absolute Gasteiger partial charge is 3.00 e. The fraction of sp³-hybridized carbons (Fsp3) is 1.00. The van der Waals surface area contributed by atoms with Crippen LogP contribution in [0.4, 0.5) is 0 Å². The van der Waals surface area contributed by atoms with Crippen molar-refractivity contribution in [1.29, 1.82) is 0 Å². The quantitative estimate of drug-likeness (QED) is 0.0320. The van der Waals surface area contributed by atoms with Crippen molar-refractivity contribution in [2.45, 2.75) is 427 Å². The zero-order chi connectivity index (χ0) is 64.4. The van der Waals surface area contributed by atoms with Crippen LogP contribution in [0, 0.1) is 0 Å². The van der Waals surface area contributed by atoms with Crippen LogP contribution in [0.2, 0.25) is 0 Å². The van der Waals surface area contributed by atoms with Gasteiger partial charge in [0.1, 0.15) is 0 Å². The minimum absolute atomic E-state index is 0. The summed E-state index contributed by atoms with van der Waals surface area (Å²) in [6, 6.07) is 0. The molecule has 0 aliphatic carbocycles. The van der Waals surface area contributed by atoms with E-state index in [1.165, 1.54) is 308 Å². The molecule has 0 aliphatic heterocycles. The van der Waals surface area contributed by atoms with Gasteiger partial charge < -0.3 is 41.8 Å². The third kappa shape index (κ3) is 88.9.